The monoisotopic (exact) mass is 1580 g/mol. The van der Waals surface area contributed by atoms with E-state index < -0.39 is 0 Å². The molecule has 19 nitrogen and oxygen atoms in total. The van der Waals surface area contributed by atoms with E-state index in [4.69, 9.17) is 70.7 Å². The van der Waals surface area contributed by atoms with Crippen LogP contribution in [0.4, 0.5) is 38.5 Å². The van der Waals surface area contributed by atoms with Crippen LogP contribution in [-0.4, -0.2) is 66.9 Å². The molecule has 6 heterocycles. The van der Waals surface area contributed by atoms with Crippen molar-refractivity contribution in [3.63, 3.8) is 0 Å². The van der Waals surface area contributed by atoms with Crippen molar-refractivity contribution in [3.05, 3.63) is 315 Å². The number of aryl methyl sites for hydroxylation is 11. The predicted molar refractivity (Wildman–Crippen MR) is 485 cm³/mol. The molecular formula is C97H90ClFN18O. The summed E-state index contributed by atoms with van der Waals surface area (Å²) in [4.78, 5) is 55.6. The Morgan fingerprint density at radius 1 is 0.246 bits per heavy atom. The standard InChI is InChI=1S/C18H19N3O.C17H17N3.2C16H15N3.C15H12ClN3.C15H12FN3/c1-10-7-13(8-17(22-4)11(10)2)18-12(3)20-15-6-5-14(19)9-16(15)21-18;1-10-4-5-13(8-11(10)2)17-12(3)19-15-7-6-14(18)9-16(15)20-17;1-10-3-5-12(6-4-10)16-11(2)18-14-8-7-13(17)9-15(14)19-16;1-10-4-3-5-12(8-10)16-11(2)18-14-7-6-13(17)9-15(14)19-16;2*1-9-15(10-2-4-11(16)5-3-10)19-14-8-12(17)6-7-13(14)18-9/h5-9H,19H2,1-4H3;4-9H,18H2,1-3H3;2*3-9H,17H2,1-2H3;2*2-8H,17H2,1H3. The summed E-state index contributed by atoms with van der Waals surface area (Å²) >= 11 is 5.90. The molecule has 21 heteroatoms. The summed E-state index contributed by atoms with van der Waals surface area (Å²) in [5, 5.41) is 0.708. The van der Waals surface area contributed by atoms with E-state index >= 15 is 0 Å². The van der Waals surface area contributed by atoms with E-state index in [1.165, 1.54) is 39.9 Å². The molecule has 0 amide bonds. The van der Waals surface area contributed by atoms with Crippen LogP contribution in [0.2, 0.25) is 5.02 Å². The van der Waals surface area contributed by atoms with E-state index in [9.17, 15) is 4.39 Å². The molecule has 18 rings (SSSR count). The second kappa shape index (κ2) is 35.5. The molecule has 0 radical (unpaired) electrons. The number of rotatable bonds is 7. The minimum absolute atomic E-state index is 0.264. The molecule has 18 aromatic rings. The van der Waals surface area contributed by atoms with Gasteiger partial charge in [0.2, 0.25) is 0 Å². The fraction of sp³-hybridized carbons (Fsp3) is 0.134. The molecule has 0 atom stereocenters. The van der Waals surface area contributed by atoms with Crippen LogP contribution in [0.5, 0.6) is 5.75 Å². The number of halogens is 2. The van der Waals surface area contributed by atoms with Crippen molar-refractivity contribution >= 4 is 112 Å². The number of hydrogen-bond acceptors (Lipinski definition) is 19. The highest BCUT2D eigenvalue weighted by molar-refractivity contribution is 6.30. The fourth-order valence-corrected chi connectivity index (χ4v) is 13.5. The van der Waals surface area contributed by atoms with E-state index in [0.717, 1.165) is 179 Å². The van der Waals surface area contributed by atoms with Crippen molar-refractivity contribution in [2.75, 3.05) is 41.5 Å². The number of methoxy groups -OCH3 is 1. The van der Waals surface area contributed by atoms with Gasteiger partial charge in [0.15, 0.2) is 0 Å². The van der Waals surface area contributed by atoms with E-state index in [1.807, 2.05) is 175 Å². The zero-order valence-electron chi connectivity index (χ0n) is 68.0. The van der Waals surface area contributed by atoms with Crippen molar-refractivity contribution in [3.8, 4) is 73.3 Å². The summed E-state index contributed by atoms with van der Waals surface area (Å²) < 4.78 is 18.4. The lowest BCUT2D eigenvalue weighted by atomic mass is 10.0. The quantitative estimate of drug-likeness (QED) is 0.0808. The number of nitrogens with two attached hydrogens (primary N) is 6. The maximum atomic E-state index is 13.0. The van der Waals surface area contributed by atoms with E-state index in [-0.39, 0.29) is 5.82 Å². The van der Waals surface area contributed by atoms with Crippen LogP contribution in [0.25, 0.3) is 134 Å². The van der Waals surface area contributed by atoms with Gasteiger partial charge in [-0.1, -0.05) is 89.5 Å². The van der Waals surface area contributed by atoms with Crippen LogP contribution in [0.1, 0.15) is 67.5 Å². The highest BCUT2D eigenvalue weighted by Crippen LogP contribution is 2.34. The number of benzene rings is 12. The Bertz CT molecular complexity index is 6490. The van der Waals surface area contributed by atoms with Gasteiger partial charge < -0.3 is 39.1 Å². The Morgan fingerprint density at radius 2 is 0.534 bits per heavy atom. The Balaban J connectivity index is 0.000000123. The van der Waals surface area contributed by atoms with Gasteiger partial charge >= 0.3 is 0 Å². The smallest absolute Gasteiger partial charge is 0.123 e. The van der Waals surface area contributed by atoms with Crippen molar-refractivity contribution < 1.29 is 9.13 Å². The normalized spacial score (nSPS) is 10.9. The Morgan fingerprint density at radius 3 is 0.856 bits per heavy atom. The Labute approximate surface area is 689 Å². The van der Waals surface area contributed by atoms with Crippen molar-refractivity contribution in [2.24, 2.45) is 0 Å². The lowest BCUT2D eigenvalue weighted by molar-refractivity contribution is 0.411. The van der Waals surface area contributed by atoms with Crippen LogP contribution in [0, 0.1) is 88.9 Å². The van der Waals surface area contributed by atoms with Crippen LogP contribution < -0.4 is 39.1 Å². The summed E-state index contributed by atoms with van der Waals surface area (Å²) in [7, 11) is 1.69. The third-order valence-corrected chi connectivity index (χ3v) is 20.2. The van der Waals surface area contributed by atoms with Gasteiger partial charge in [0, 0.05) is 72.5 Å². The fourth-order valence-electron chi connectivity index (χ4n) is 13.4. The first-order chi connectivity index (χ1) is 56.6. The third-order valence-electron chi connectivity index (χ3n) is 19.9. The molecule has 0 aliphatic heterocycles. The second-order valence-corrected chi connectivity index (χ2v) is 29.5. The third kappa shape index (κ3) is 19.3. The molecule has 0 bridgehead atoms. The molecule has 0 aliphatic rings. The molecule has 0 saturated carbocycles. The number of aromatic nitrogens is 12. The van der Waals surface area contributed by atoms with Crippen LogP contribution in [-0.2, 0) is 0 Å². The molecule has 588 valence electrons. The number of hydrogen-bond donors (Lipinski definition) is 6. The van der Waals surface area contributed by atoms with Gasteiger partial charge in [-0.15, -0.1) is 0 Å². The molecule has 0 spiro atoms. The molecule has 0 saturated heterocycles. The summed E-state index contributed by atoms with van der Waals surface area (Å²) in [5.74, 6) is 0.600. The maximum absolute atomic E-state index is 13.0. The number of fused-ring (bicyclic) bond motifs is 6. The largest absolute Gasteiger partial charge is 0.496 e. The van der Waals surface area contributed by atoms with Gasteiger partial charge in [0.1, 0.15) is 11.6 Å². The summed E-state index contributed by atoms with van der Waals surface area (Å²) in [5.41, 5.74) is 73.0. The van der Waals surface area contributed by atoms with Crippen molar-refractivity contribution in [1.82, 2.24) is 59.8 Å². The average molecular weight is 1580 g/mol. The topological polar surface area (TPSA) is 320 Å². The van der Waals surface area contributed by atoms with Crippen LogP contribution in [0.3, 0.4) is 0 Å². The first kappa shape index (κ1) is 81.5. The minimum atomic E-state index is -0.264. The number of ether oxygens (including phenoxy) is 1. The van der Waals surface area contributed by atoms with E-state index in [1.54, 1.807) is 31.4 Å². The minimum Gasteiger partial charge on any atom is -0.496 e. The summed E-state index contributed by atoms with van der Waals surface area (Å²) in [6.07, 6.45) is 0. The zero-order chi connectivity index (χ0) is 83.8. The maximum Gasteiger partial charge on any atom is 0.123 e. The van der Waals surface area contributed by atoms with E-state index in [2.05, 4.69) is 148 Å². The molecular weight excluding hydrogens is 1490 g/mol. The number of nitrogens with zero attached hydrogens (tertiary/aromatic N) is 12. The highest BCUT2D eigenvalue weighted by Gasteiger charge is 2.17. The lowest BCUT2D eigenvalue weighted by Crippen LogP contribution is -1.98. The first-order valence-corrected chi connectivity index (χ1v) is 38.6. The number of anilines is 6. The predicted octanol–water partition coefficient (Wildman–Crippen LogP) is 21.8. The SMILES string of the molecule is COc1cc(-c2nc3cc(N)ccc3nc2C)cc(C)c1C.Cc1ccc(-c2nc3cc(N)ccc3nc2C)cc1.Cc1ccc(-c2nc3cc(N)ccc3nc2C)cc1C.Cc1cccc(-c2nc3cc(N)ccc3nc2C)c1.Cc1nc2ccc(N)cc2nc1-c1ccc(Cl)cc1.Cc1nc2ccc(N)cc2nc1-c1ccc(F)cc1. The first-order valence-electron chi connectivity index (χ1n) is 38.2. The van der Waals surface area contributed by atoms with Crippen molar-refractivity contribution in [1.29, 1.82) is 0 Å². The lowest BCUT2D eigenvalue weighted by Gasteiger charge is -2.12. The highest BCUT2D eigenvalue weighted by atomic mass is 35.5. The Kier molecular flexibility index (Phi) is 24.5. The molecule has 118 heavy (non-hydrogen) atoms. The molecule has 12 N–H and O–H groups in total. The van der Waals surface area contributed by atoms with Crippen LogP contribution >= 0.6 is 11.6 Å². The average Bonchev–Trinajstić information content (AvgIpc) is 0.879. The number of nitrogen functional groups attached to an aromatic ring is 6. The van der Waals surface area contributed by atoms with Gasteiger partial charge in [-0.3, -0.25) is 0 Å². The van der Waals surface area contributed by atoms with E-state index in [0.29, 0.717) is 39.1 Å². The van der Waals surface area contributed by atoms with Crippen LogP contribution in [0.15, 0.2) is 237 Å². The van der Waals surface area contributed by atoms with Gasteiger partial charge in [-0.25, -0.2) is 64.2 Å². The van der Waals surface area contributed by atoms with Crippen molar-refractivity contribution in [2.45, 2.75) is 83.1 Å². The summed E-state index contributed by atoms with van der Waals surface area (Å²) in [6, 6.07) is 74.4. The Hall–Kier alpha value is -14.5. The van der Waals surface area contributed by atoms with Gasteiger partial charge in [-0.2, -0.15) is 0 Å². The van der Waals surface area contributed by atoms with Gasteiger partial charge in [0.25, 0.3) is 0 Å². The molecule has 12 aromatic carbocycles. The second-order valence-electron chi connectivity index (χ2n) is 29.1. The summed E-state index contributed by atoms with van der Waals surface area (Å²) in [6.45, 7) is 24.3. The molecule has 0 unspecified atom stereocenters. The molecule has 6 aromatic heterocycles. The van der Waals surface area contributed by atoms with Gasteiger partial charge in [-0.05, 0) is 275 Å². The molecule has 0 aliphatic carbocycles. The van der Waals surface area contributed by atoms with Gasteiger partial charge in [0.05, 0.1) is 142 Å². The zero-order valence-corrected chi connectivity index (χ0v) is 68.8. The molecule has 0 fully saturated rings.